The number of aliphatic imine (C=N–C) groups is 1. The molecule has 2 aromatic heterocycles. The number of hydrogen-bond acceptors (Lipinski definition) is 3. The summed E-state index contributed by atoms with van der Waals surface area (Å²) in [5, 5.41) is 7.95. The third-order valence-corrected chi connectivity index (χ3v) is 5.96. The number of aromatic amines is 1. The van der Waals surface area contributed by atoms with E-state index in [9.17, 15) is 4.79 Å². The first kappa shape index (κ1) is 18.7. The number of hydrogen-bond donors (Lipinski definition) is 3. The van der Waals surface area contributed by atoms with Crippen molar-refractivity contribution < 1.29 is 0 Å². The summed E-state index contributed by atoms with van der Waals surface area (Å²) in [6.07, 6.45) is 10.2. The van der Waals surface area contributed by atoms with Crippen LogP contribution in [0.15, 0.2) is 58.5 Å². The van der Waals surface area contributed by atoms with E-state index in [0.717, 1.165) is 31.2 Å². The molecule has 0 unspecified atom stereocenters. The first-order valence-corrected chi connectivity index (χ1v) is 10.6. The molecule has 3 N–H and O–H groups in total. The van der Waals surface area contributed by atoms with Gasteiger partial charge in [0.2, 0.25) is 5.95 Å². The normalized spacial score (nSPS) is 22.0. The monoisotopic (exact) mass is 402 g/mol. The molecule has 5 rings (SSSR count). The van der Waals surface area contributed by atoms with Crippen LogP contribution in [0, 0.1) is 12.8 Å². The largest absolute Gasteiger partial charge is 0.361 e. The Morgan fingerprint density at radius 2 is 2.17 bits per heavy atom. The number of allylic oxidation sites excluding steroid dienone is 2. The molecule has 3 aromatic rings. The van der Waals surface area contributed by atoms with Gasteiger partial charge in [-0.3, -0.25) is 19.7 Å². The molecule has 2 aliphatic rings. The highest BCUT2D eigenvalue weighted by Crippen LogP contribution is 2.30. The van der Waals surface area contributed by atoms with Gasteiger partial charge in [0.25, 0.3) is 5.56 Å². The minimum Gasteiger partial charge on any atom is -0.361 e. The first-order chi connectivity index (χ1) is 14.7. The maximum absolute atomic E-state index is 12.7. The molecule has 3 heterocycles. The number of H-pyrrole nitrogens is 1. The molecular formula is C23H26N6O. The maximum atomic E-state index is 12.7. The minimum atomic E-state index is -0.140. The summed E-state index contributed by atoms with van der Waals surface area (Å²) in [6.45, 7) is 2.49. The van der Waals surface area contributed by atoms with Crippen molar-refractivity contribution in [3.63, 3.8) is 0 Å². The third kappa shape index (κ3) is 3.51. The average molecular weight is 403 g/mol. The fraction of sp³-hybridized carbons (Fsp3) is 0.348. The van der Waals surface area contributed by atoms with Crippen LogP contribution in [-0.2, 0) is 6.42 Å². The van der Waals surface area contributed by atoms with Gasteiger partial charge in [-0.15, -0.1) is 0 Å². The van der Waals surface area contributed by atoms with Crippen molar-refractivity contribution in [2.24, 2.45) is 10.9 Å². The quantitative estimate of drug-likeness (QED) is 0.583. The lowest BCUT2D eigenvalue weighted by Gasteiger charge is -2.36. The van der Waals surface area contributed by atoms with E-state index in [-0.39, 0.29) is 11.7 Å². The van der Waals surface area contributed by atoms with E-state index in [2.05, 4.69) is 57.1 Å². The van der Waals surface area contributed by atoms with Crippen molar-refractivity contribution in [2.45, 2.75) is 38.8 Å². The molecule has 0 amide bonds. The molecule has 1 aromatic carbocycles. The van der Waals surface area contributed by atoms with Gasteiger partial charge in [-0.05, 0) is 44.2 Å². The molecule has 0 spiro atoms. The molecule has 2 atom stereocenters. The van der Waals surface area contributed by atoms with Gasteiger partial charge < -0.3 is 10.3 Å². The summed E-state index contributed by atoms with van der Waals surface area (Å²) >= 11 is 0. The molecule has 0 fully saturated rings. The summed E-state index contributed by atoms with van der Waals surface area (Å²) in [5.74, 6) is 1.59. The Kier molecular flexibility index (Phi) is 4.86. The molecular weight excluding hydrogens is 376 g/mol. The molecule has 1 aliphatic carbocycles. The van der Waals surface area contributed by atoms with Gasteiger partial charge in [0.15, 0.2) is 5.96 Å². The van der Waals surface area contributed by atoms with Crippen LogP contribution >= 0.6 is 0 Å². The molecule has 7 nitrogen and oxygen atoms in total. The van der Waals surface area contributed by atoms with Crippen LogP contribution in [-0.4, -0.2) is 27.0 Å². The van der Waals surface area contributed by atoms with Gasteiger partial charge >= 0.3 is 0 Å². The van der Waals surface area contributed by atoms with Gasteiger partial charge in [-0.25, -0.2) is 4.98 Å². The van der Waals surface area contributed by atoms with Gasteiger partial charge in [-0.1, -0.05) is 30.4 Å². The lowest BCUT2D eigenvalue weighted by Crippen LogP contribution is -2.50. The standard InChI is InChI=1S/C23H26N6O/c1-15-13-20(30)29-21(16-7-3-2-4-8-16)27-22(28-23(29)26-15)24-12-11-17-14-25-19-10-6-5-9-18(17)19/h2-3,5-6,9-10,13-14,16,21,25H,4,7-8,11-12H2,1H3,(H2,24,26,27,28)/t16-,21-/m0/s1. The fourth-order valence-electron chi connectivity index (χ4n) is 4.45. The number of rotatable bonds is 4. The zero-order chi connectivity index (χ0) is 20.5. The number of aryl methyl sites for hydroxylation is 1. The maximum Gasteiger partial charge on any atom is 0.256 e. The summed E-state index contributed by atoms with van der Waals surface area (Å²) in [6, 6.07) is 9.90. The fourth-order valence-corrected chi connectivity index (χ4v) is 4.45. The lowest BCUT2D eigenvalue weighted by molar-refractivity contribution is 0.276. The first-order valence-electron chi connectivity index (χ1n) is 10.6. The smallest absolute Gasteiger partial charge is 0.256 e. The van der Waals surface area contributed by atoms with Crippen LogP contribution in [0.2, 0.25) is 0 Å². The van der Waals surface area contributed by atoms with Crippen molar-refractivity contribution >= 4 is 22.8 Å². The van der Waals surface area contributed by atoms with Crippen molar-refractivity contribution in [2.75, 3.05) is 11.9 Å². The van der Waals surface area contributed by atoms with Crippen LogP contribution in [0.5, 0.6) is 0 Å². The van der Waals surface area contributed by atoms with E-state index in [1.807, 2.05) is 13.0 Å². The van der Waals surface area contributed by atoms with Crippen LogP contribution in [0.1, 0.15) is 36.7 Å². The highest BCUT2D eigenvalue weighted by molar-refractivity contribution is 5.93. The van der Waals surface area contributed by atoms with E-state index in [4.69, 9.17) is 4.99 Å². The van der Waals surface area contributed by atoms with Crippen molar-refractivity contribution in [1.29, 1.82) is 0 Å². The molecule has 154 valence electrons. The average Bonchev–Trinajstić information content (AvgIpc) is 3.17. The van der Waals surface area contributed by atoms with Crippen LogP contribution < -0.4 is 16.2 Å². The summed E-state index contributed by atoms with van der Waals surface area (Å²) < 4.78 is 1.75. The van der Waals surface area contributed by atoms with Crippen molar-refractivity contribution in [3.05, 3.63) is 70.3 Å². The SMILES string of the molecule is Cc1cc(=O)n2c(n1)NC(=NCCc1c[nH]c3ccccc13)N[C@@H]2[C@H]1CC=CCC1. The molecule has 0 saturated carbocycles. The van der Waals surface area contributed by atoms with Crippen LogP contribution in [0.4, 0.5) is 5.95 Å². The van der Waals surface area contributed by atoms with Gasteiger partial charge in [-0.2, -0.15) is 0 Å². The minimum absolute atomic E-state index is 0.0325. The second kappa shape index (κ2) is 7.82. The molecule has 7 heteroatoms. The number of aromatic nitrogens is 3. The highest BCUT2D eigenvalue weighted by Gasteiger charge is 2.31. The Morgan fingerprint density at radius 3 is 3.03 bits per heavy atom. The van der Waals surface area contributed by atoms with Crippen LogP contribution in [0.25, 0.3) is 10.9 Å². The second-order valence-electron chi connectivity index (χ2n) is 8.03. The van der Waals surface area contributed by atoms with Gasteiger partial charge in [0.1, 0.15) is 6.17 Å². The predicted molar refractivity (Wildman–Crippen MR) is 120 cm³/mol. The molecule has 0 radical (unpaired) electrons. The second-order valence-corrected chi connectivity index (χ2v) is 8.03. The van der Waals surface area contributed by atoms with Crippen molar-refractivity contribution in [3.8, 4) is 0 Å². The van der Waals surface area contributed by atoms with Gasteiger partial charge in [0.05, 0.1) is 0 Å². The number of fused-ring (bicyclic) bond motifs is 2. The molecule has 0 saturated heterocycles. The van der Waals surface area contributed by atoms with E-state index in [1.165, 1.54) is 10.9 Å². The van der Waals surface area contributed by atoms with E-state index < -0.39 is 0 Å². The van der Waals surface area contributed by atoms with E-state index in [1.54, 1.807) is 10.6 Å². The summed E-state index contributed by atoms with van der Waals surface area (Å²) in [4.78, 5) is 25.4. The topological polar surface area (TPSA) is 87.1 Å². The zero-order valence-corrected chi connectivity index (χ0v) is 17.1. The summed E-state index contributed by atoms with van der Waals surface area (Å²) in [7, 11) is 0. The van der Waals surface area contributed by atoms with E-state index >= 15 is 0 Å². The third-order valence-electron chi connectivity index (χ3n) is 5.96. The van der Waals surface area contributed by atoms with Crippen molar-refractivity contribution in [1.82, 2.24) is 19.9 Å². The number of guanidine groups is 1. The number of nitrogens with zero attached hydrogens (tertiary/aromatic N) is 3. The number of benzene rings is 1. The van der Waals surface area contributed by atoms with Gasteiger partial charge in [0, 0.05) is 41.3 Å². The molecule has 30 heavy (non-hydrogen) atoms. The Labute approximate surface area is 174 Å². The Bertz CT molecular complexity index is 1190. The Balaban J connectivity index is 1.40. The lowest BCUT2D eigenvalue weighted by atomic mass is 9.91. The number of para-hydroxylation sites is 1. The highest BCUT2D eigenvalue weighted by atomic mass is 16.1. The Hall–Kier alpha value is -3.35. The Morgan fingerprint density at radius 1 is 1.27 bits per heavy atom. The molecule has 0 bridgehead atoms. The zero-order valence-electron chi connectivity index (χ0n) is 17.1. The van der Waals surface area contributed by atoms with E-state index in [0.29, 0.717) is 30.1 Å². The van der Waals surface area contributed by atoms with Crippen LogP contribution in [0.3, 0.4) is 0 Å². The number of anilines is 1. The number of nitrogens with one attached hydrogen (secondary N) is 3. The predicted octanol–water partition coefficient (Wildman–Crippen LogP) is 3.50. The summed E-state index contributed by atoms with van der Waals surface area (Å²) in [5.41, 5.74) is 3.08. The molecule has 1 aliphatic heterocycles.